The van der Waals surface area contributed by atoms with E-state index in [9.17, 15) is 0 Å². The number of hydrogen-bond donors (Lipinski definition) is 2. The highest BCUT2D eigenvalue weighted by molar-refractivity contribution is 4.81. The maximum atomic E-state index is 5.75. The van der Waals surface area contributed by atoms with Gasteiger partial charge < -0.3 is 11.5 Å². The Hall–Kier alpha value is -0.340. The molecule has 2 heteroatoms. The minimum absolute atomic E-state index is 0.293. The molecule has 0 amide bonds. The molecule has 1 atom stereocenters. The summed E-state index contributed by atoms with van der Waals surface area (Å²) in [4.78, 5) is 0. The van der Waals surface area contributed by atoms with E-state index in [0.29, 0.717) is 12.6 Å². The SMILES string of the molecule is CC/C=C/CCC(N)CCN. The summed E-state index contributed by atoms with van der Waals surface area (Å²) >= 11 is 0. The standard InChI is InChI=1S/C9H20N2/c1-2-3-4-5-6-9(11)7-8-10/h3-4,9H,2,5-8,10-11H2,1H3/b4-3+. The van der Waals surface area contributed by atoms with E-state index >= 15 is 0 Å². The molecule has 0 spiro atoms. The van der Waals surface area contributed by atoms with Crippen molar-refractivity contribution in [3.05, 3.63) is 12.2 Å². The van der Waals surface area contributed by atoms with E-state index in [1.807, 2.05) is 0 Å². The summed E-state index contributed by atoms with van der Waals surface area (Å²) < 4.78 is 0. The van der Waals surface area contributed by atoms with E-state index in [2.05, 4.69) is 19.1 Å². The third-order valence-corrected chi connectivity index (χ3v) is 1.64. The van der Waals surface area contributed by atoms with Crippen LogP contribution in [-0.2, 0) is 0 Å². The number of nitrogens with two attached hydrogens (primary N) is 2. The highest BCUT2D eigenvalue weighted by atomic mass is 14.6. The summed E-state index contributed by atoms with van der Waals surface area (Å²) in [5.41, 5.74) is 11.1. The smallest absolute Gasteiger partial charge is 0.00537 e. The fourth-order valence-corrected chi connectivity index (χ4v) is 0.953. The van der Waals surface area contributed by atoms with Crippen molar-refractivity contribution in [1.82, 2.24) is 0 Å². The van der Waals surface area contributed by atoms with Gasteiger partial charge in [0.2, 0.25) is 0 Å². The normalized spacial score (nSPS) is 14.1. The van der Waals surface area contributed by atoms with Gasteiger partial charge in [0.1, 0.15) is 0 Å². The molecule has 0 heterocycles. The second-order valence-electron chi connectivity index (χ2n) is 2.79. The second kappa shape index (κ2) is 7.76. The van der Waals surface area contributed by atoms with Crippen molar-refractivity contribution in [3.63, 3.8) is 0 Å². The van der Waals surface area contributed by atoms with Crippen LogP contribution in [0.5, 0.6) is 0 Å². The maximum absolute atomic E-state index is 5.75. The Morgan fingerprint density at radius 2 is 2.00 bits per heavy atom. The predicted molar refractivity (Wildman–Crippen MR) is 50.3 cm³/mol. The summed E-state index contributed by atoms with van der Waals surface area (Å²) in [6.45, 7) is 2.84. The van der Waals surface area contributed by atoms with Crippen LogP contribution < -0.4 is 11.5 Å². The van der Waals surface area contributed by atoms with Crippen molar-refractivity contribution in [2.24, 2.45) is 11.5 Å². The van der Waals surface area contributed by atoms with Gasteiger partial charge in [-0.2, -0.15) is 0 Å². The highest BCUT2D eigenvalue weighted by Gasteiger charge is 1.97. The Balaban J connectivity index is 3.16. The van der Waals surface area contributed by atoms with Crippen LogP contribution >= 0.6 is 0 Å². The molecule has 1 unspecified atom stereocenters. The highest BCUT2D eigenvalue weighted by Crippen LogP contribution is 1.99. The molecular weight excluding hydrogens is 136 g/mol. The van der Waals surface area contributed by atoms with Crippen LogP contribution in [0.1, 0.15) is 32.6 Å². The van der Waals surface area contributed by atoms with Crippen molar-refractivity contribution in [2.75, 3.05) is 6.54 Å². The van der Waals surface area contributed by atoms with E-state index in [0.717, 1.165) is 25.7 Å². The Kier molecular flexibility index (Phi) is 7.52. The van der Waals surface area contributed by atoms with Gasteiger partial charge in [-0.05, 0) is 32.2 Å². The van der Waals surface area contributed by atoms with Gasteiger partial charge in [-0.25, -0.2) is 0 Å². The Morgan fingerprint density at radius 1 is 1.27 bits per heavy atom. The molecule has 0 aromatic rings. The van der Waals surface area contributed by atoms with E-state index < -0.39 is 0 Å². The van der Waals surface area contributed by atoms with Crippen molar-refractivity contribution >= 4 is 0 Å². The van der Waals surface area contributed by atoms with Crippen LogP contribution in [0.15, 0.2) is 12.2 Å². The molecule has 0 rings (SSSR count). The summed E-state index contributed by atoms with van der Waals surface area (Å²) in [6, 6.07) is 0.293. The Morgan fingerprint density at radius 3 is 2.55 bits per heavy atom. The molecule has 0 saturated carbocycles. The fraction of sp³-hybridized carbons (Fsp3) is 0.778. The van der Waals surface area contributed by atoms with Crippen LogP contribution in [0.4, 0.5) is 0 Å². The van der Waals surface area contributed by atoms with Crippen LogP contribution in [0.25, 0.3) is 0 Å². The van der Waals surface area contributed by atoms with Gasteiger partial charge in [0, 0.05) is 6.04 Å². The van der Waals surface area contributed by atoms with Crippen molar-refractivity contribution < 1.29 is 0 Å². The third-order valence-electron chi connectivity index (χ3n) is 1.64. The molecule has 4 N–H and O–H groups in total. The van der Waals surface area contributed by atoms with E-state index in [1.54, 1.807) is 0 Å². The van der Waals surface area contributed by atoms with E-state index in [4.69, 9.17) is 11.5 Å². The molecule has 11 heavy (non-hydrogen) atoms. The first kappa shape index (κ1) is 10.7. The van der Waals surface area contributed by atoms with Crippen LogP contribution in [0.3, 0.4) is 0 Å². The van der Waals surface area contributed by atoms with E-state index in [1.165, 1.54) is 0 Å². The van der Waals surface area contributed by atoms with Crippen LogP contribution in [-0.4, -0.2) is 12.6 Å². The zero-order chi connectivity index (χ0) is 8.53. The van der Waals surface area contributed by atoms with Gasteiger partial charge in [0.25, 0.3) is 0 Å². The molecule has 0 fully saturated rings. The minimum Gasteiger partial charge on any atom is -0.330 e. The Bertz CT molecular complexity index is 99.7. The molecule has 0 bridgehead atoms. The zero-order valence-electron chi connectivity index (χ0n) is 7.42. The molecule has 0 aliphatic heterocycles. The van der Waals surface area contributed by atoms with Crippen LogP contribution in [0, 0.1) is 0 Å². The van der Waals surface area contributed by atoms with Gasteiger partial charge in [-0.15, -0.1) is 0 Å². The second-order valence-corrected chi connectivity index (χ2v) is 2.79. The lowest BCUT2D eigenvalue weighted by molar-refractivity contribution is 0.581. The van der Waals surface area contributed by atoms with Gasteiger partial charge in [0.05, 0.1) is 0 Å². The summed E-state index contributed by atoms with van der Waals surface area (Å²) in [6.07, 6.45) is 8.58. The van der Waals surface area contributed by atoms with E-state index in [-0.39, 0.29) is 0 Å². The average Bonchev–Trinajstić information content (AvgIpc) is 1.99. The summed E-state index contributed by atoms with van der Waals surface area (Å²) in [5.74, 6) is 0. The van der Waals surface area contributed by atoms with Crippen LogP contribution in [0.2, 0.25) is 0 Å². The van der Waals surface area contributed by atoms with Gasteiger partial charge in [0.15, 0.2) is 0 Å². The zero-order valence-corrected chi connectivity index (χ0v) is 7.42. The summed E-state index contributed by atoms with van der Waals surface area (Å²) in [7, 11) is 0. The quantitative estimate of drug-likeness (QED) is 0.571. The van der Waals surface area contributed by atoms with Gasteiger partial charge >= 0.3 is 0 Å². The first-order valence-corrected chi connectivity index (χ1v) is 4.42. The third kappa shape index (κ3) is 7.56. The summed E-state index contributed by atoms with van der Waals surface area (Å²) in [5, 5.41) is 0. The largest absolute Gasteiger partial charge is 0.330 e. The predicted octanol–water partition coefficient (Wildman–Crippen LogP) is 1.41. The fourth-order valence-electron chi connectivity index (χ4n) is 0.953. The minimum atomic E-state index is 0.293. The maximum Gasteiger partial charge on any atom is 0.00537 e. The molecule has 0 saturated heterocycles. The molecule has 2 nitrogen and oxygen atoms in total. The lowest BCUT2D eigenvalue weighted by Gasteiger charge is -2.06. The molecule has 0 aromatic heterocycles. The Labute approximate surface area is 69.6 Å². The average molecular weight is 156 g/mol. The number of hydrogen-bond acceptors (Lipinski definition) is 2. The first-order valence-electron chi connectivity index (χ1n) is 4.42. The molecule has 0 aliphatic rings. The molecule has 0 aromatic carbocycles. The molecule has 0 radical (unpaired) electrons. The van der Waals surface area contributed by atoms with Gasteiger partial charge in [-0.3, -0.25) is 0 Å². The van der Waals surface area contributed by atoms with Crippen molar-refractivity contribution in [1.29, 1.82) is 0 Å². The van der Waals surface area contributed by atoms with Crippen molar-refractivity contribution in [2.45, 2.75) is 38.6 Å². The first-order chi connectivity index (χ1) is 5.31. The molecular formula is C9H20N2. The molecule has 66 valence electrons. The van der Waals surface area contributed by atoms with Crippen molar-refractivity contribution in [3.8, 4) is 0 Å². The number of allylic oxidation sites excluding steroid dienone is 2. The topological polar surface area (TPSA) is 52.0 Å². The van der Waals surface area contributed by atoms with Gasteiger partial charge in [-0.1, -0.05) is 19.1 Å². The lowest BCUT2D eigenvalue weighted by Crippen LogP contribution is -2.23. The molecule has 0 aliphatic carbocycles. The monoisotopic (exact) mass is 156 g/mol. The lowest BCUT2D eigenvalue weighted by atomic mass is 10.1. The number of rotatable bonds is 6.